The van der Waals surface area contributed by atoms with Crippen molar-refractivity contribution in [1.82, 2.24) is 14.7 Å². The molecule has 7 nitrogen and oxygen atoms in total. The lowest BCUT2D eigenvalue weighted by Gasteiger charge is -2.43. The molecule has 46 heavy (non-hydrogen) atoms. The fourth-order valence-electron chi connectivity index (χ4n) is 7.20. The summed E-state index contributed by atoms with van der Waals surface area (Å²) >= 11 is 0. The van der Waals surface area contributed by atoms with E-state index >= 15 is 0 Å². The molecule has 6 rings (SSSR count). The zero-order chi connectivity index (χ0) is 32.6. The lowest BCUT2D eigenvalue weighted by molar-refractivity contribution is -0.141. The van der Waals surface area contributed by atoms with Crippen LogP contribution in [0.1, 0.15) is 82.7 Å². The van der Waals surface area contributed by atoms with Crippen molar-refractivity contribution in [3.63, 3.8) is 0 Å². The number of carbonyl (C=O) groups excluding carboxylic acids is 2. The largest absolute Gasteiger partial charge is 0.336 e. The van der Waals surface area contributed by atoms with E-state index < -0.39 is 5.41 Å². The van der Waals surface area contributed by atoms with E-state index in [1.807, 2.05) is 60.7 Å². The predicted molar refractivity (Wildman–Crippen MR) is 186 cm³/mol. The van der Waals surface area contributed by atoms with Crippen LogP contribution in [-0.2, 0) is 22.0 Å². The molecule has 2 unspecified atom stereocenters. The first-order valence-electron chi connectivity index (χ1n) is 16.6. The van der Waals surface area contributed by atoms with Gasteiger partial charge in [0.25, 0.3) is 0 Å². The Morgan fingerprint density at radius 2 is 1.50 bits per heavy atom. The first-order valence-corrected chi connectivity index (χ1v) is 16.6. The number of fused-ring (bicyclic) bond motifs is 2. The monoisotopic (exact) mass is 617 g/mol. The molecule has 2 saturated heterocycles. The number of carbonyl (C=O) groups is 2. The van der Waals surface area contributed by atoms with Crippen LogP contribution in [0, 0.1) is 12.8 Å². The molecular formula is C39H47N5O2. The van der Waals surface area contributed by atoms with Crippen LogP contribution in [0.3, 0.4) is 0 Å². The van der Waals surface area contributed by atoms with Gasteiger partial charge in [0, 0.05) is 29.3 Å². The number of aromatic nitrogens is 2. The number of anilines is 2. The number of amides is 3. The summed E-state index contributed by atoms with van der Waals surface area (Å²) < 4.78 is 1.79. The van der Waals surface area contributed by atoms with Crippen LogP contribution in [0.25, 0.3) is 5.69 Å². The van der Waals surface area contributed by atoms with Gasteiger partial charge in [-0.15, -0.1) is 0 Å². The van der Waals surface area contributed by atoms with Crippen LogP contribution in [0.2, 0.25) is 0 Å². The summed E-state index contributed by atoms with van der Waals surface area (Å²) in [5, 5.41) is 10.9. The molecule has 0 saturated carbocycles. The van der Waals surface area contributed by atoms with Crippen LogP contribution in [-0.4, -0.2) is 38.7 Å². The Morgan fingerprint density at radius 1 is 0.826 bits per heavy atom. The molecule has 0 radical (unpaired) electrons. The van der Waals surface area contributed by atoms with Crippen LogP contribution >= 0.6 is 0 Å². The molecule has 3 amide bonds. The van der Waals surface area contributed by atoms with Crippen molar-refractivity contribution in [2.24, 2.45) is 5.92 Å². The third-order valence-corrected chi connectivity index (χ3v) is 9.80. The van der Waals surface area contributed by atoms with Gasteiger partial charge in [-0.2, -0.15) is 5.10 Å². The normalized spacial score (nSPS) is 19.6. The van der Waals surface area contributed by atoms with E-state index in [1.54, 1.807) is 4.68 Å². The van der Waals surface area contributed by atoms with Crippen LogP contribution in [0.4, 0.5) is 16.3 Å². The Morgan fingerprint density at radius 3 is 2.15 bits per heavy atom. The zero-order valence-corrected chi connectivity index (χ0v) is 28.0. The number of rotatable bonds is 7. The number of hydrogen-bond donors (Lipinski definition) is 2. The summed E-state index contributed by atoms with van der Waals surface area (Å²) in [4.78, 5) is 29.3. The molecule has 2 fully saturated rings. The topological polar surface area (TPSA) is 79.3 Å². The number of nitrogens with one attached hydrogen (secondary N) is 2. The summed E-state index contributed by atoms with van der Waals surface area (Å²) in [5.74, 6) is 1.38. The molecule has 2 bridgehead atoms. The summed E-state index contributed by atoms with van der Waals surface area (Å²) in [5.41, 5.74) is 5.28. The minimum Gasteiger partial charge on any atom is -0.336 e. The van der Waals surface area contributed by atoms with Gasteiger partial charge in [-0.05, 0) is 94.2 Å². The number of nitrogens with zero attached hydrogens (tertiary/aromatic N) is 3. The minimum atomic E-state index is -0.540. The number of aryl methyl sites for hydroxylation is 1. The average Bonchev–Trinajstić information content (AvgIpc) is 3.56. The molecule has 7 heteroatoms. The highest BCUT2D eigenvalue weighted by molar-refractivity contribution is 5.99. The van der Waals surface area contributed by atoms with Gasteiger partial charge in [0.05, 0.1) is 16.8 Å². The number of hydrogen-bond acceptors (Lipinski definition) is 3. The second-order valence-electron chi connectivity index (χ2n) is 14.8. The molecule has 240 valence electrons. The standard InChI is InChI=1S/C39H47N5O2/c1-26-15-17-31(18-16-26)44-35(25-34(42-44)38(2,3)4)41-37(46)40-30-14-10-11-27(22-30)21-28-23-32-19-20-33(24-28)43(32)36(45)39(5,6)29-12-8-7-9-13-29/h7-18,22,25,28,32-33H,19-21,23-24H2,1-6H3,(H2,40,41,46). The van der Waals surface area contributed by atoms with Crippen molar-refractivity contribution >= 4 is 23.4 Å². The highest BCUT2D eigenvalue weighted by Crippen LogP contribution is 2.42. The van der Waals surface area contributed by atoms with E-state index in [0.717, 1.165) is 60.3 Å². The molecule has 2 aliphatic rings. The molecule has 4 aromatic rings. The summed E-state index contributed by atoms with van der Waals surface area (Å²) in [6, 6.07) is 28.7. The highest BCUT2D eigenvalue weighted by atomic mass is 16.2. The maximum absolute atomic E-state index is 13.9. The Kier molecular flexibility index (Phi) is 8.53. The predicted octanol–water partition coefficient (Wildman–Crippen LogP) is 8.41. The number of piperidine rings is 1. The second kappa shape index (κ2) is 12.4. The van der Waals surface area contributed by atoms with Crippen molar-refractivity contribution < 1.29 is 9.59 Å². The summed E-state index contributed by atoms with van der Waals surface area (Å²) in [6.45, 7) is 12.5. The molecule has 1 aromatic heterocycles. The highest BCUT2D eigenvalue weighted by Gasteiger charge is 2.47. The molecule has 0 aliphatic carbocycles. The molecule has 2 aliphatic heterocycles. The van der Waals surface area contributed by atoms with E-state index in [1.165, 1.54) is 5.56 Å². The zero-order valence-electron chi connectivity index (χ0n) is 28.0. The van der Waals surface area contributed by atoms with Crippen LogP contribution in [0.15, 0.2) is 84.9 Å². The molecular weight excluding hydrogens is 570 g/mol. The van der Waals surface area contributed by atoms with E-state index in [2.05, 4.69) is 81.3 Å². The smallest absolute Gasteiger partial charge is 0.324 e. The molecule has 2 N–H and O–H groups in total. The van der Waals surface area contributed by atoms with Crippen molar-refractivity contribution in [3.8, 4) is 5.69 Å². The number of benzene rings is 3. The average molecular weight is 618 g/mol. The summed E-state index contributed by atoms with van der Waals surface area (Å²) in [7, 11) is 0. The van der Waals surface area contributed by atoms with Crippen molar-refractivity contribution in [1.29, 1.82) is 0 Å². The van der Waals surface area contributed by atoms with Gasteiger partial charge in [-0.3, -0.25) is 10.1 Å². The fourth-order valence-corrected chi connectivity index (χ4v) is 7.20. The Hall–Kier alpha value is -4.39. The van der Waals surface area contributed by atoms with E-state index in [-0.39, 0.29) is 17.4 Å². The second-order valence-corrected chi connectivity index (χ2v) is 14.8. The lowest BCUT2D eigenvalue weighted by atomic mass is 9.80. The van der Waals surface area contributed by atoms with E-state index in [4.69, 9.17) is 5.10 Å². The van der Waals surface area contributed by atoms with Crippen LogP contribution < -0.4 is 10.6 Å². The molecule has 3 aromatic carbocycles. The van der Waals surface area contributed by atoms with Gasteiger partial charge in [-0.25, -0.2) is 9.48 Å². The molecule has 3 heterocycles. The van der Waals surface area contributed by atoms with Gasteiger partial charge in [0.2, 0.25) is 5.91 Å². The minimum absolute atomic E-state index is 0.168. The van der Waals surface area contributed by atoms with Gasteiger partial charge in [0.1, 0.15) is 5.82 Å². The summed E-state index contributed by atoms with van der Waals surface area (Å²) in [6.07, 6.45) is 5.13. The van der Waals surface area contributed by atoms with E-state index in [0.29, 0.717) is 23.8 Å². The van der Waals surface area contributed by atoms with Crippen molar-refractivity contribution in [2.45, 2.75) is 96.6 Å². The van der Waals surface area contributed by atoms with Gasteiger partial charge in [0.15, 0.2) is 0 Å². The maximum Gasteiger partial charge on any atom is 0.324 e. The fraction of sp³-hybridized carbons (Fsp3) is 0.410. The van der Waals surface area contributed by atoms with Gasteiger partial charge >= 0.3 is 6.03 Å². The van der Waals surface area contributed by atoms with Crippen LogP contribution in [0.5, 0.6) is 0 Å². The maximum atomic E-state index is 13.9. The van der Waals surface area contributed by atoms with E-state index in [9.17, 15) is 9.59 Å². The first kappa shape index (κ1) is 31.6. The molecule has 0 spiro atoms. The third-order valence-electron chi connectivity index (χ3n) is 9.80. The Labute approximate surface area is 273 Å². The first-order chi connectivity index (χ1) is 21.9. The van der Waals surface area contributed by atoms with Crippen molar-refractivity contribution in [2.75, 3.05) is 10.6 Å². The number of urea groups is 1. The SMILES string of the molecule is Cc1ccc(-n2nc(C(C)(C)C)cc2NC(=O)Nc2cccc(CC3CC4CCC(C3)N4C(=O)C(C)(C)c3ccccc3)c2)cc1. The van der Waals surface area contributed by atoms with Gasteiger partial charge in [-0.1, -0.05) is 80.9 Å². The quantitative estimate of drug-likeness (QED) is 0.219. The van der Waals surface area contributed by atoms with Crippen molar-refractivity contribution in [3.05, 3.63) is 107 Å². The Balaban J connectivity index is 1.11. The van der Waals surface area contributed by atoms with Gasteiger partial charge < -0.3 is 10.2 Å². The third kappa shape index (κ3) is 6.60. The Bertz CT molecular complexity index is 1690. The molecule has 2 atom stereocenters. The lowest BCUT2D eigenvalue weighted by Crippen LogP contribution is -2.52.